The summed E-state index contributed by atoms with van der Waals surface area (Å²) >= 11 is 0. The van der Waals surface area contributed by atoms with E-state index in [1.54, 1.807) is 0 Å². The Balaban J connectivity index is 2.17. The number of anilines is 1. The summed E-state index contributed by atoms with van der Waals surface area (Å²) in [6, 6.07) is 5.64. The molecule has 0 heterocycles. The molecule has 2 aliphatic rings. The number of rotatable bonds is 0. The number of Topliss-reactive ketones (excluding diaryl/α,β-unsaturated/α-hetero) is 1. The fourth-order valence-electron chi connectivity index (χ4n) is 2.27. The Bertz CT molecular complexity index is 405. The molecule has 3 rings (SSSR count). The van der Waals surface area contributed by atoms with Crippen LogP contribution in [0.25, 0.3) is 0 Å². The van der Waals surface area contributed by atoms with E-state index in [2.05, 4.69) is 0 Å². The van der Waals surface area contributed by atoms with Crippen LogP contribution in [0.3, 0.4) is 0 Å². The van der Waals surface area contributed by atoms with Gasteiger partial charge in [0, 0.05) is 16.7 Å². The first kappa shape index (κ1) is 7.13. The SMILES string of the molecule is Nc1ccc2c(c1)CC1(CC1)C2=O. The van der Waals surface area contributed by atoms with Crippen LogP contribution in [0.15, 0.2) is 18.2 Å². The summed E-state index contributed by atoms with van der Waals surface area (Å²) in [6.07, 6.45) is 3.06. The average Bonchev–Trinajstić information content (AvgIpc) is 2.79. The molecule has 0 unspecified atom stereocenters. The maximum atomic E-state index is 11.9. The van der Waals surface area contributed by atoms with Crippen molar-refractivity contribution in [1.82, 2.24) is 0 Å². The minimum atomic E-state index is 0.0100. The van der Waals surface area contributed by atoms with Gasteiger partial charge in [0.05, 0.1) is 0 Å². The summed E-state index contributed by atoms with van der Waals surface area (Å²) in [5.74, 6) is 0.350. The molecule has 0 aromatic heterocycles. The quantitative estimate of drug-likeness (QED) is 0.608. The highest BCUT2D eigenvalue weighted by Crippen LogP contribution is 2.55. The molecule has 13 heavy (non-hydrogen) atoms. The van der Waals surface area contributed by atoms with Crippen LogP contribution in [-0.4, -0.2) is 5.78 Å². The van der Waals surface area contributed by atoms with Crippen molar-refractivity contribution >= 4 is 11.5 Å². The standard InChI is InChI=1S/C11H11NO/c12-8-1-2-9-7(5-8)6-11(3-4-11)10(9)13/h1-2,5H,3-4,6,12H2. The molecule has 0 saturated heterocycles. The molecule has 1 aromatic rings. The zero-order chi connectivity index (χ0) is 9.05. The summed E-state index contributed by atoms with van der Waals surface area (Å²) in [5.41, 5.74) is 8.52. The number of hydrogen-bond donors (Lipinski definition) is 1. The van der Waals surface area contributed by atoms with E-state index in [4.69, 9.17) is 5.73 Å². The summed E-state index contributed by atoms with van der Waals surface area (Å²) < 4.78 is 0. The molecular weight excluding hydrogens is 162 g/mol. The van der Waals surface area contributed by atoms with Gasteiger partial charge in [-0.3, -0.25) is 4.79 Å². The Morgan fingerprint density at radius 1 is 1.31 bits per heavy atom. The van der Waals surface area contributed by atoms with E-state index in [9.17, 15) is 4.79 Å². The lowest BCUT2D eigenvalue weighted by Crippen LogP contribution is -2.08. The number of benzene rings is 1. The van der Waals surface area contributed by atoms with Crippen LogP contribution in [0.5, 0.6) is 0 Å². The van der Waals surface area contributed by atoms with Crippen molar-refractivity contribution in [3.63, 3.8) is 0 Å². The van der Waals surface area contributed by atoms with Gasteiger partial charge in [-0.05, 0) is 43.0 Å². The van der Waals surface area contributed by atoms with Crippen molar-refractivity contribution < 1.29 is 4.79 Å². The minimum absolute atomic E-state index is 0.0100. The number of hydrogen-bond acceptors (Lipinski definition) is 2. The van der Waals surface area contributed by atoms with Gasteiger partial charge in [-0.2, -0.15) is 0 Å². The monoisotopic (exact) mass is 173 g/mol. The second-order valence-corrected chi connectivity index (χ2v) is 4.20. The first-order valence-electron chi connectivity index (χ1n) is 4.65. The Morgan fingerprint density at radius 2 is 2.08 bits per heavy atom. The van der Waals surface area contributed by atoms with Crippen molar-refractivity contribution in [1.29, 1.82) is 0 Å². The molecule has 2 heteroatoms. The second-order valence-electron chi connectivity index (χ2n) is 4.20. The van der Waals surface area contributed by atoms with Gasteiger partial charge in [0.25, 0.3) is 0 Å². The number of fused-ring (bicyclic) bond motifs is 1. The van der Waals surface area contributed by atoms with Gasteiger partial charge < -0.3 is 5.73 Å². The number of carbonyl (C=O) groups excluding carboxylic acids is 1. The molecule has 2 aliphatic carbocycles. The molecule has 2 N–H and O–H groups in total. The highest BCUT2D eigenvalue weighted by atomic mass is 16.1. The number of ketones is 1. The fraction of sp³-hybridized carbons (Fsp3) is 0.364. The third-order valence-corrected chi connectivity index (χ3v) is 3.24. The van der Waals surface area contributed by atoms with Gasteiger partial charge >= 0.3 is 0 Å². The van der Waals surface area contributed by atoms with Gasteiger partial charge in [-0.15, -0.1) is 0 Å². The predicted octanol–water partition coefficient (Wildman–Crippen LogP) is 1.79. The highest BCUT2D eigenvalue weighted by Gasteiger charge is 2.54. The highest BCUT2D eigenvalue weighted by molar-refractivity contribution is 6.06. The van der Waals surface area contributed by atoms with Gasteiger partial charge in [0.15, 0.2) is 5.78 Å². The normalized spacial score (nSPS) is 22.0. The molecule has 1 aromatic carbocycles. The Kier molecular flexibility index (Phi) is 1.07. The van der Waals surface area contributed by atoms with E-state index >= 15 is 0 Å². The zero-order valence-corrected chi connectivity index (χ0v) is 7.34. The smallest absolute Gasteiger partial charge is 0.169 e. The average molecular weight is 173 g/mol. The Hall–Kier alpha value is -1.31. The predicted molar refractivity (Wildman–Crippen MR) is 50.6 cm³/mol. The lowest BCUT2D eigenvalue weighted by Gasteiger charge is -1.98. The van der Waals surface area contributed by atoms with Crippen LogP contribution >= 0.6 is 0 Å². The maximum absolute atomic E-state index is 11.9. The van der Waals surface area contributed by atoms with E-state index < -0.39 is 0 Å². The third-order valence-electron chi connectivity index (χ3n) is 3.24. The van der Waals surface area contributed by atoms with Crippen molar-refractivity contribution in [3.8, 4) is 0 Å². The van der Waals surface area contributed by atoms with Crippen molar-refractivity contribution in [3.05, 3.63) is 29.3 Å². The number of nitrogen functional groups attached to an aromatic ring is 1. The maximum Gasteiger partial charge on any atom is 0.169 e. The zero-order valence-electron chi connectivity index (χ0n) is 7.34. The molecule has 0 aliphatic heterocycles. The van der Waals surface area contributed by atoms with E-state index in [1.165, 1.54) is 0 Å². The number of carbonyl (C=O) groups is 1. The third kappa shape index (κ3) is 0.804. The fourth-order valence-corrected chi connectivity index (χ4v) is 2.27. The largest absolute Gasteiger partial charge is 0.399 e. The molecule has 66 valence electrons. The van der Waals surface area contributed by atoms with Crippen LogP contribution in [0.2, 0.25) is 0 Å². The van der Waals surface area contributed by atoms with Crippen LogP contribution < -0.4 is 5.73 Å². The molecule has 1 fully saturated rings. The molecule has 1 saturated carbocycles. The van der Waals surface area contributed by atoms with Crippen LogP contribution in [0.1, 0.15) is 28.8 Å². The van der Waals surface area contributed by atoms with Gasteiger partial charge in [-0.25, -0.2) is 0 Å². The van der Waals surface area contributed by atoms with Crippen LogP contribution in [-0.2, 0) is 6.42 Å². The van der Waals surface area contributed by atoms with E-state index in [0.717, 1.165) is 36.1 Å². The lowest BCUT2D eigenvalue weighted by atomic mass is 10.0. The molecule has 0 radical (unpaired) electrons. The van der Waals surface area contributed by atoms with Crippen molar-refractivity contribution in [2.45, 2.75) is 19.3 Å². The van der Waals surface area contributed by atoms with Crippen LogP contribution in [0, 0.1) is 5.41 Å². The molecule has 0 atom stereocenters. The van der Waals surface area contributed by atoms with E-state index in [1.807, 2.05) is 18.2 Å². The van der Waals surface area contributed by atoms with Gasteiger partial charge in [-0.1, -0.05) is 0 Å². The molecule has 1 spiro atoms. The van der Waals surface area contributed by atoms with Crippen molar-refractivity contribution in [2.24, 2.45) is 5.41 Å². The minimum Gasteiger partial charge on any atom is -0.399 e. The first-order chi connectivity index (χ1) is 6.21. The molecule has 0 amide bonds. The first-order valence-corrected chi connectivity index (χ1v) is 4.65. The van der Waals surface area contributed by atoms with Crippen LogP contribution in [0.4, 0.5) is 5.69 Å². The summed E-state index contributed by atoms with van der Waals surface area (Å²) in [4.78, 5) is 11.9. The summed E-state index contributed by atoms with van der Waals surface area (Å²) in [7, 11) is 0. The summed E-state index contributed by atoms with van der Waals surface area (Å²) in [5, 5.41) is 0. The molecular formula is C11H11NO. The Morgan fingerprint density at radius 3 is 2.77 bits per heavy atom. The van der Waals surface area contributed by atoms with Crippen molar-refractivity contribution in [2.75, 3.05) is 5.73 Å². The molecule has 0 bridgehead atoms. The van der Waals surface area contributed by atoms with Gasteiger partial charge in [0.1, 0.15) is 0 Å². The van der Waals surface area contributed by atoms with E-state index in [0.29, 0.717) is 5.78 Å². The molecule has 2 nitrogen and oxygen atoms in total. The lowest BCUT2D eigenvalue weighted by molar-refractivity contribution is 0.0919. The van der Waals surface area contributed by atoms with E-state index in [-0.39, 0.29) is 5.41 Å². The summed E-state index contributed by atoms with van der Waals surface area (Å²) in [6.45, 7) is 0. The topological polar surface area (TPSA) is 43.1 Å². The number of nitrogens with two attached hydrogens (primary N) is 1. The Labute approximate surface area is 76.7 Å². The second kappa shape index (κ2) is 1.95. The van der Waals surface area contributed by atoms with Gasteiger partial charge in [0.2, 0.25) is 0 Å².